The number of nitrogens with zero attached hydrogens (tertiary/aromatic N) is 2. The topological polar surface area (TPSA) is 52.7 Å². The molecule has 2 aliphatic rings. The maximum Gasteiger partial charge on any atom is 0.243 e. The summed E-state index contributed by atoms with van der Waals surface area (Å²) in [6.07, 6.45) is 0.925. The number of aryl methyl sites for hydroxylation is 1. The fourth-order valence-corrected chi connectivity index (χ4v) is 5.49. The van der Waals surface area contributed by atoms with E-state index >= 15 is 0 Å². The van der Waals surface area contributed by atoms with Gasteiger partial charge in [0, 0.05) is 49.8 Å². The number of benzene rings is 1. The van der Waals surface area contributed by atoms with Crippen LogP contribution in [0.15, 0.2) is 27.6 Å². The number of sulfonamides is 1. The molecule has 1 atom stereocenters. The Bertz CT molecular complexity index is 650. The summed E-state index contributed by atoms with van der Waals surface area (Å²) in [7, 11) is -3.39. The van der Waals surface area contributed by atoms with E-state index in [0.717, 1.165) is 42.6 Å². The monoisotopic (exact) mass is 423 g/mol. The van der Waals surface area contributed by atoms with E-state index in [4.69, 9.17) is 0 Å². The normalized spacial score (nSPS) is 23.7. The van der Waals surface area contributed by atoms with Gasteiger partial charge in [-0.25, -0.2) is 8.42 Å². The Balaban J connectivity index is 0.00000192. The van der Waals surface area contributed by atoms with Crippen LogP contribution in [0.4, 0.5) is 0 Å². The Morgan fingerprint density at radius 1 is 1.22 bits per heavy atom. The summed E-state index contributed by atoms with van der Waals surface area (Å²) in [5, 5.41) is 3.34. The first-order valence-corrected chi connectivity index (χ1v) is 9.93. The summed E-state index contributed by atoms with van der Waals surface area (Å²) in [5.41, 5.74) is 0.792. The van der Waals surface area contributed by atoms with Crippen LogP contribution in [0.25, 0.3) is 0 Å². The number of halogens is 2. The predicted octanol–water partition coefficient (Wildman–Crippen LogP) is 1.85. The number of nitrogens with one attached hydrogen (secondary N) is 1. The third-order valence-electron chi connectivity index (χ3n) is 4.55. The third-order valence-corrected chi connectivity index (χ3v) is 7.07. The Morgan fingerprint density at radius 2 is 1.91 bits per heavy atom. The van der Waals surface area contributed by atoms with Gasteiger partial charge in [0.25, 0.3) is 0 Å². The maximum absolute atomic E-state index is 12.9. The van der Waals surface area contributed by atoms with E-state index in [9.17, 15) is 8.42 Å². The zero-order valence-corrected chi connectivity index (χ0v) is 16.4. The highest BCUT2D eigenvalue weighted by atomic mass is 79.9. The van der Waals surface area contributed by atoms with Gasteiger partial charge in [-0.15, -0.1) is 12.4 Å². The minimum atomic E-state index is -3.39. The van der Waals surface area contributed by atoms with Crippen LogP contribution < -0.4 is 5.32 Å². The minimum Gasteiger partial charge on any atom is -0.314 e. The molecule has 2 fully saturated rings. The molecule has 3 rings (SSSR count). The quantitative estimate of drug-likeness (QED) is 0.804. The molecule has 5 nitrogen and oxygen atoms in total. The van der Waals surface area contributed by atoms with Crippen LogP contribution in [0, 0.1) is 6.92 Å². The molecule has 1 N–H and O–H groups in total. The predicted molar refractivity (Wildman–Crippen MR) is 97.7 cm³/mol. The fraction of sp³-hybridized carbons (Fsp3) is 0.600. The van der Waals surface area contributed by atoms with Crippen molar-refractivity contribution in [1.29, 1.82) is 0 Å². The van der Waals surface area contributed by atoms with Crippen molar-refractivity contribution >= 4 is 38.4 Å². The average molecular weight is 425 g/mol. The standard InChI is InChI=1S/C15H22BrN3O2S.ClH/c1-12-10-13(16)2-3-15(12)22(20,21)19-7-4-14(11-19)18-8-5-17-6-9-18;/h2-3,10,14,17H,4-9,11H2,1H3;1H. The van der Waals surface area contributed by atoms with Gasteiger partial charge in [0.15, 0.2) is 0 Å². The molecule has 0 spiro atoms. The zero-order chi connectivity index (χ0) is 15.7. The number of hydrogen-bond donors (Lipinski definition) is 1. The van der Waals surface area contributed by atoms with Crippen LogP contribution in [-0.2, 0) is 10.0 Å². The Kier molecular flexibility index (Phi) is 6.49. The Hall–Kier alpha value is -0.180. The summed E-state index contributed by atoms with van der Waals surface area (Å²) in [6.45, 7) is 7.08. The lowest BCUT2D eigenvalue weighted by Crippen LogP contribution is -2.49. The molecule has 0 amide bonds. The summed E-state index contributed by atoms with van der Waals surface area (Å²) >= 11 is 3.39. The molecule has 0 bridgehead atoms. The van der Waals surface area contributed by atoms with Crippen LogP contribution in [-0.4, -0.2) is 62.9 Å². The van der Waals surface area contributed by atoms with Gasteiger partial charge in [0.05, 0.1) is 4.90 Å². The van der Waals surface area contributed by atoms with E-state index < -0.39 is 10.0 Å². The molecule has 23 heavy (non-hydrogen) atoms. The highest BCUT2D eigenvalue weighted by molar-refractivity contribution is 9.10. The van der Waals surface area contributed by atoms with E-state index in [2.05, 4.69) is 26.1 Å². The highest BCUT2D eigenvalue weighted by Crippen LogP contribution is 2.27. The summed E-state index contributed by atoms with van der Waals surface area (Å²) in [6, 6.07) is 5.71. The fourth-order valence-electron chi connectivity index (χ4n) is 3.32. The van der Waals surface area contributed by atoms with Gasteiger partial charge in [-0.05, 0) is 37.1 Å². The van der Waals surface area contributed by atoms with Crippen molar-refractivity contribution in [2.75, 3.05) is 39.3 Å². The molecule has 2 saturated heterocycles. The first-order chi connectivity index (χ1) is 10.5. The molecule has 1 unspecified atom stereocenters. The van der Waals surface area contributed by atoms with Gasteiger partial charge < -0.3 is 5.32 Å². The van der Waals surface area contributed by atoms with Gasteiger partial charge in [-0.2, -0.15) is 4.31 Å². The summed E-state index contributed by atoms with van der Waals surface area (Å²) in [5.74, 6) is 0. The minimum absolute atomic E-state index is 0. The molecule has 0 radical (unpaired) electrons. The van der Waals surface area contributed by atoms with Crippen LogP contribution in [0.1, 0.15) is 12.0 Å². The SMILES string of the molecule is Cc1cc(Br)ccc1S(=O)(=O)N1CCC(N2CCNCC2)C1.Cl. The molecule has 130 valence electrons. The molecule has 1 aromatic carbocycles. The molecule has 0 saturated carbocycles. The van der Waals surface area contributed by atoms with Crippen molar-refractivity contribution in [3.63, 3.8) is 0 Å². The van der Waals surface area contributed by atoms with Crippen molar-refractivity contribution < 1.29 is 8.42 Å². The van der Waals surface area contributed by atoms with E-state index in [1.165, 1.54) is 0 Å². The lowest BCUT2D eigenvalue weighted by atomic mass is 10.2. The molecular formula is C15H23BrClN3O2S. The van der Waals surface area contributed by atoms with Crippen LogP contribution in [0.5, 0.6) is 0 Å². The lowest BCUT2D eigenvalue weighted by Gasteiger charge is -2.32. The van der Waals surface area contributed by atoms with Crippen LogP contribution in [0.2, 0.25) is 0 Å². The number of piperazine rings is 1. The third kappa shape index (κ3) is 4.08. The molecule has 2 heterocycles. The van der Waals surface area contributed by atoms with E-state index in [-0.39, 0.29) is 12.4 Å². The zero-order valence-electron chi connectivity index (χ0n) is 13.2. The second-order valence-electron chi connectivity index (χ2n) is 6.00. The second-order valence-corrected chi connectivity index (χ2v) is 8.82. The van der Waals surface area contributed by atoms with Crippen LogP contribution in [0.3, 0.4) is 0 Å². The van der Waals surface area contributed by atoms with Gasteiger partial charge in [0.1, 0.15) is 0 Å². The Morgan fingerprint density at radius 3 is 2.57 bits per heavy atom. The largest absolute Gasteiger partial charge is 0.314 e. The van der Waals surface area contributed by atoms with Crippen LogP contribution >= 0.6 is 28.3 Å². The Labute approximate surface area is 153 Å². The first-order valence-electron chi connectivity index (χ1n) is 7.69. The van der Waals surface area contributed by atoms with E-state index in [1.807, 2.05) is 13.0 Å². The van der Waals surface area contributed by atoms with E-state index in [1.54, 1.807) is 16.4 Å². The first kappa shape index (κ1) is 19.1. The number of hydrogen-bond acceptors (Lipinski definition) is 4. The van der Waals surface area contributed by atoms with Crippen molar-refractivity contribution in [2.45, 2.75) is 24.3 Å². The van der Waals surface area contributed by atoms with Gasteiger partial charge in [-0.1, -0.05) is 15.9 Å². The van der Waals surface area contributed by atoms with Crippen molar-refractivity contribution in [1.82, 2.24) is 14.5 Å². The molecule has 2 aliphatic heterocycles. The molecule has 0 aliphatic carbocycles. The molecular weight excluding hydrogens is 402 g/mol. The summed E-state index contributed by atoms with van der Waals surface area (Å²) < 4.78 is 28.3. The summed E-state index contributed by atoms with van der Waals surface area (Å²) in [4.78, 5) is 2.84. The molecule has 0 aromatic heterocycles. The highest BCUT2D eigenvalue weighted by Gasteiger charge is 2.36. The lowest BCUT2D eigenvalue weighted by molar-refractivity contribution is 0.179. The average Bonchev–Trinajstić information content (AvgIpc) is 2.98. The second kappa shape index (κ2) is 7.80. The number of rotatable bonds is 3. The van der Waals surface area contributed by atoms with Gasteiger partial charge >= 0.3 is 0 Å². The maximum atomic E-state index is 12.9. The van der Waals surface area contributed by atoms with Gasteiger partial charge in [-0.3, -0.25) is 4.90 Å². The van der Waals surface area contributed by atoms with Crippen molar-refractivity contribution in [3.05, 3.63) is 28.2 Å². The van der Waals surface area contributed by atoms with Crippen molar-refractivity contribution in [2.24, 2.45) is 0 Å². The van der Waals surface area contributed by atoms with Crippen molar-refractivity contribution in [3.8, 4) is 0 Å². The van der Waals surface area contributed by atoms with E-state index in [0.29, 0.717) is 24.0 Å². The molecule has 8 heteroatoms. The van der Waals surface area contributed by atoms with Gasteiger partial charge in [0.2, 0.25) is 10.0 Å². The smallest absolute Gasteiger partial charge is 0.243 e. The molecule has 1 aromatic rings.